The number of hydrogen-bond acceptors (Lipinski definition) is 5. The lowest BCUT2D eigenvalue weighted by molar-refractivity contribution is -0.125. The van der Waals surface area contributed by atoms with Gasteiger partial charge in [0.15, 0.2) is 0 Å². The first-order chi connectivity index (χ1) is 23.7. The van der Waals surface area contributed by atoms with Gasteiger partial charge in [0, 0.05) is 0 Å². The summed E-state index contributed by atoms with van der Waals surface area (Å²) in [4.78, 5) is 67.8. The second-order valence-electron chi connectivity index (χ2n) is 10.6. The third-order valence-corrected chi connectivity index (χ3v) is 6.92. The molecule has 0 radical (unpaired) electrons. The first-order valence-corrected chi connectivity index (χ1v) is 15.0. The zero-order chi connectivity index (χ0) is 34.6. The van der Waals surface area contributed by atoms with E-state index < -0.39 is 41.9 Å². The lowest BCUT2D eigenvalue weighted by atomic mass is 10.1. The number of benzene rings is 4. The van der Waals surface area contributed by atoms with Gasteiger partial charge in [-0.1, -0.05) is 103 Å². The van der Waals surface area contributed by atoms with E-state index in [-0.39, 0.29) is 22.8 Å². The molecule has 49 heavy (non-hydrogen) atoms. The van der Waals surface area contributed by atoms with Crippen LogP contribution in [-0.2, 0) is 24.0 Å². The average Bonchev–Trinajstić information content (AvgIpc) is 3.11. The summed E-state index contributed by atoms with van der Waals surface area (Å²) < 4.78 is 13.6. The van der Waals surface area contributed by atoms with E-state index >= 15 is 0 Å². The maximum atomic E-state index is 13.9. The summed E-state index contributed by atoms with van der Waals surface area (Å²) in [6, 6.07) is 31.2. The monoisotopic (exact) mass is 655 g/mol. The maximum absolute atomic E-state index is 13.9. The summed E-state index contributed by atoms with van der Waals surface area (Å²) in [5, 5.41) is 12.6. The predicted octanol–water partition coefficient (Wildman–Crippen LogP) is 3.88. The molecule has 5 N–H and O–H groups in total. The van der Waals surface area contributed by atoms with Crippen molar-refractivity contribution in [3.05, 3.63) is 166 Å². The van der Waals surface area contributed by atoms with Crippen molar-refractivity contribution in [2.45, 2.75) is 0 Å². The van der Waals surface area contributed by atoms with Crippen LogP contribution in [0, 0.1) is 5.82 Å². The number of hydrogen-bond donors (Lipinski definition) is 5. The molecule has 4 aromatic rings. The van der Waals surface area contributed by atoms with Crippen LogP contribution >= 0.6 is 0 Å². The Morgan fingerprint density at radius 2 is 0.735 bits per heavy atom. The fraction of sp³-hybridized carbons (Fsp3) is 0.0263. The third-order valence-electron chi connectivity index (χ3n) is 6.92. The second-order valence-corrected chi connectivity index (χ2v) is 10.6. The Morgan fingerprint density at radius 1 is 0.408 bits per heavy atom. The predicted molar refractivity (Wildman–Crippen MR) is 183 cm³/mol. The Hall–Kier alpha value is -6.88. The van der Waals surface area contributed by atoms with Gasteiger partial charge in [0.05, 0.1) is 6.54 Å². The molecule has 5 rings (SSSR count). The molecule has 0 bridgehead atoms. The quantitative estimate of drug-likeness (QED) is 0.212. The number of carbonyl (C=O) groups is 5. The topological polar surface area (TPSA) is 146 Å². The van der Waals surface area contributed by atoms with Crippen molar-refractivity contribution in [3.8, 4) is 0 Å². The molecular formula is C38H30FN5O5. The SMILES string of the molecule is O=C1CNC(=O)/C(=C/c2ccc(F)cc2)NC(=O)/C(=C/c2ccccc2)NC(=O)/C(=C/c2ccccc2)NC(=O)/C(=C/c2ccccc2)N1. The lowest BCUT2D eigenvalue weighted by Gasteiger charge is -2.15. The third kappa shape index (κ3) is 9.80. The summed E-state index contributed by atoms with van der Waals surface area (Å²) in [7, 11) is 0. The summed E-state index contributed by atoms with van der Waals surface area (Å²) in [5.74, 6) is -4.75. The molecule has 10 nitrogen and oxygen atoms in total. The minimum atomic E-state index is -0.893. The van der Waals surface area contributed by atoms with Gasteiger partial charge in [-0.05, 0) is 58.7 Å². The zero-order valence-corrected chi connectivity index (χ0v) is 25.9. The van der Waals surface area contributed by atoms with Crippen LogP contribution in [0.15, 0.2) is 138 Å². The Kier molecular flexibility index (Phi) is 11.0. The highest BCUT2D eigenvalue weighted by molar-refractivity contribution is 6.13. The molecule has 4 aromatic carbocycles. The maximum Gasteiger partial charge on any atom is 0.272 e. The number of nitrogens with one attached hydrogen (secondary N) is 5. The van der Waals surface area contributed by atoms with Gasteiger partial charge in [0.2, 0.25) is 5.91 Å². The first kappa shape index (κ1) is 33.5. The van der Waals surface area contributed by atoms with Crippen molar-refractivity contribution < 1.29 is 28.4 Å². The van der Waals surface area contributed by atoms with Gasteiger partial charge in [0.25, 0.3) is 23.6 Å². The van der Waals surface area contributed by atoms with Crippen molar-refractivity contribution in [1.82, 2.24) is 26.6 Å². The van der Waals surface area contributed by atoms with E-state index in [0.717, 1.165) is 0 Å². The molecule has 0 spiro atoms. The largest absolute Gasteiger partial charge is 0.342 e. The fourth-order valence-corrected chi connectivity index (χ4v) is 4.53. The van der Waals surface area contributed by atoms with Crippen molar-refractivity contribution >= 4 is 53.8 Å². The minimum Gasteiger partial charge on any atom is -0.342 e. The highest BCUT2D eigenvalue weighted by Crippen LogP contribution is 2.13. The van der Waals surface area contributed by atoms with Gasteiger partial charge in [0.1, 0.15) is 28.6 Å². The van der Waals surface area contributed by atoms with Crippen molar-refractivity contribution in [2.24, 2.45) is 0 Å². The van der Waals surface area contributed by atoms with Crippen molar-refractivity contribution in [2.75, 3.05) is 6.54 Å². The highest BCUT2D eigenvalue weighted by atomic mass is 19.1. The Balaban J connectivity index is 1.62. The molecule has 0 aromatic heterocycles. The molecule has 0 atom stereocenters. The summed E-state index contributed by atoms with van der Waals surface area (Å²) >= 11 is 0. The molecule has 0 saturated carbocycles. The van der Waals surface area contributed by atoms with Gasteiger partial charge in [-0.15, -0.1) is 0 Å². The van der Waals surface area contributed by atoms with Crippen molar-refractivity contribution in [1.29, 1.82) is 0 Å². The summed E-state index contributed by atoms with van der Waals surface area (Å²) in [6.45, 7) is -0.592. The molecule has 1 aliphatic rings. The van der Waals surface area contributed by atoms with Crippen LogP contribution in [-0.4, -0.2) is 36.1 Å². The number of amides is 5. The lowest BCUT2D eigenvalue weighted by Crippen LogP contribution is -2.42. The van der Waals surface area contributed by atoms with Gasteiger partial charge >= 0.3 is 0 Å². The van der Waals surface area contributed by atoms with E-state index in [2.05, 4.69) is 26.6 Å². The Bertz CT molecular complexity index is 1990. The van der Waals surface area contributed by atoms with Crippen LogP contribution in [0.1, 0.15) is 22.3 Å². The van der Waals surface area contributed by atoms with E-state index in [1.54, 1.807) is 91.0 Å². The molecule has 1 saturated heterocycles. The molecule has 0 unspecified atom stereocenters. The van der Waals surface area contributed by atoms with E-state index in [1.807, 2.05) is 0 Å². The summed E-state index contributed by atoms with van der Waals surface area (Å²) in [5.41, 5.74) is 0.989. The van der Waals surface area contributed by atoms with E-state index in [4.69, 9.17) is 0 Å². The number of rotatable bonds is 4. The number of carbonyl (C=O) groups excluding carboxylic acids is 5. The van der Waals surface area contributed by atoms with Crippen LogP contribution < -0.4 is 26.6 Å². The van der Waals surface area contributed by atoms with Crippen LogP contribution in [0.4, 0.5) is 4.39 Å². The molecule has 1 heterocycles. The molecule has 0 aliphatic carbocycles. The summed E-state index contributed by atoms with van der Waals surface area (Å²) in [6.07, 6.45) is 5.51. The van der Waals surface area contributed by atoms with Gasteiger partial charge < -0.3 is 26.6 Å². The molecule has 11 heteroatoms. The normalized spacial score (nSPS) is 18.2. The zero-order valence-electron chi connectivity index (χ0n) is 25.9. The molecule has 1 aliphatic heterocycles. The van der Waals surface area contributed by atoms with Crippen LogP contribution in [0.3, 0.4) is 0 Å². The molecule has 1 fully saturated rings. The Morgan fingerprint density at radius 3 is 1.12 bits per heavy atom. The smallest absolute Gasteiger partial charge is 0.272 e. The van der Waals surface area contributed by atoms with Gasteiger partial charge in [-0.2, -0.15) is 0 Å². The van der Waals surface area contributed by atoms with E-state index in [0.29, 0.717) is 22.3 Å². The van der Waals surface area contributed by atoms with Crippen LogP contribution in [0.5, 0.6) is 0 Å². The fourth-order valence-electron chi connectivity index (χ4n) is 4.53. The van der Waals surface area contributed by atoms with Gasteiger partial charge in [-0.25, -0.2) is 4.39 Å². The molecule has 244 valence electrons. The van der Waals surface area contributed by atoms with Gasteiger partial charge in [-0.3, -0.25) is 24.0 Å². The van der Waals surface area contributed by atoms with Crippen LogP contribution in [0.25, 0.3) is 24.3 Å². The standard InChI is InChI=1S/C38H30FN5O5/c39-29-18-16-28(17-19-29)23-30-35(46)40-24-34(45)41-31(20-25-10-4-1-5-11-25)36(47)43-33(22-27-14-8-3-9-15-27)38(49)44-32(37(48)42-30)21-26-12-6-2-7-13-26/h1-23H,24H2,(H,40,46)(H,41,45)(H,42,48)(H,43,47)(H,44,49)/b30-23-,31-20-,32-21-,33-22-. The van der Waals surface area contributed by atoms with Crippen LogP contribution in [0.2, 0.25) is 0 Å². The number of halogens is 1. The molecule has 5 amide bonds. The second kappa shape index (κ2) is 16.1. The van der Waals surface area contributed by atoms with E-state index in [1.165, 1.54) is 48.6 Å². The average molecular weight is 656 g/mol. The minimum absolute atomic E-state index is 0.219. The molecular weight excluding hydrogens is 625 g/mol. The highest BCUT2D eigenvalue weighted by Gasteiger charge is 2.24. The van der Waals surface area contributed by atoms with Crippen molar-refractivity contribution in [3.63, 3.8) is 0 Å². The Labute approximate surface area is 281 Å². The first-order valence-electron chi connectivity index (χ1n) is 15.0. The van der Waals surface area contributed by atoms with E-state index in [9.17, 15) is 28.4 Å².